The highest BCUT2D eigenvalue weighted by molar-refractivity contribution is 6.30. The number of azide groups is 1. The van der Waals surface area contributed by atoms with Crippen molar-refractivity contribution < 1.29 is 15.3 Å². The van der Waals surface area contributed by atoms with Crippen molar-refractivity contribution >= 4 is 11.6 Å². The lowest BCUT2D eigenvalue weighted by atomic mass is 10.1. The molecule has 3 N–H and O–H groups in total. The second-order valence-corrected chi connectivity index (χ2v) is 3.33. The summed E-state index contributed by atoms with van der Waals surface area (Å²) in [5.74, 6) is -0.220. The van der Waals surface area contributed by atoms with Crippen molar-refractivity contribution in [2.45, 2.75) is 12.2 Å². The zero-order valence-corrected chi connectivity index (χ0v) is 8.78. The van der Waals surface area contributed by atoms with E-state index < -0.39 is 12.2 Å². The molecule has 0 aliphatic heterocycles. The molecule has 2 atom stereocenters. The standard InChI is InChI=1S/C8H9ClN4O3/c9-8-5(14)2-1-4(12-8)7(16)6(15)3-11-13-10/h1-2,6-7,14-16H,3H2. The second-order valence-electron chi connectivity index (χ2n) is 2.97. The summed E-state index contributed by atoms with van der Waals surface area (Å²) in [6.45, 7) is -0.280. The Hall–Kier alpha value is -1.53. The lowest BCUT2D eigenvalue weighted by Crippen LogP contribution is -2.22. The van der Waals surface area contributed by atoms with Crippen LogP contribution >= 0.6 is 11.6 Å². The number of hydrogen-bond donors (Lipinski definition) is 3. The van der Waals surface area contributed by atoms with Crippen molar-refractivity contribution in [1.29, 1.82) is 0 Å². The van der Waals surface area contributed by atoms with E-state index in [0.29, 0.717) is 0 Å². The monoisotopic (exact) mass is 244 g/mol. The summed E-state index contributed by atoms with van der Waals surface area (Å²) >= 11 is 5.53. The molecule has 1 rings (SSSR count). The molecule has 0 aliphatic rings. The van der Waals surface area contributed by atoms with Crippen molar-refractivity contribution in [2.24, 2.45) is 5.11 Å². The van der Waals surface area contributed by atoms with Crippen molar-refractivity contribution in [3.8, 4) is 5.75 Å². The van der Waals surface area contributed by atoms with Gasteiger partial charge in [0.05, 0.1) is 18.3 Å². The van der Waals surface area contributed by atoms with E-state index in [2.05, 4.69) is 15.0 Å². The van der Waals surface area contributed by atoms with Gasteiger partial charge in [-0.2, -0.15) is 0 Å². The first kappa shape index (κ1) is 12.5. The van der Waals surface area contributed by atoms with Crippen molar-refractivity contribution in [1.82, 2.24) is 4.98 Å². The van der Waals surface area contributed by atoms with E-state index in [1.54, 1.807) is 0 Å². The van der Waals surface area contributed by atoms with Gasteiger partial charge in [0.15, 0.2) is 10.9 Å². The molecule has 1 aromatic rings. The number of nitrogens with zero attached hydrogens (tertiary/aromatic N) is 4. The number of rotatable bonds is 4. The van der Waals surface area contributed by atoms with Crippen LogP contribution in [0.15, 0.2) is 17.2 Å². The number of aromatic nitrogens is 1. The van der Waals surface area contributed by atoms with Crippen LogP contribution < -0.4 is 0 Å². The topological polar surface area (TPSA) is 122 Å². The Bertz CT molecular complexity index is 422. The summed E-state index contributed by atoms with van der Waals surface area (Å²) in [6, 6.07) is 2.55. The van der Waals surface area contributed by atoms with Crippen LogP contribution in [0.1, 0.15) is 11.8 Å². The predicted molar refractivity (Wildman–Crippen MR) is 55.9 cm³/mol. The van der Waals surface area contributed by atoms with Crippen LogP contribution in [0, 0.1) is 0 Å². The third-order valence-electron chi connectivity index (χ3n) is 1.85. The molecule has 1 heterocycles. The highest BCUT2D eigenvalue weighted by atomic mass is 35.5. The Morgan fingerprint density at radius 1 is 1.50 bits per heavy atom. The van der Waals surface area contributed by atoms with E-state index in [0.717, 1.165) is 0 Å². The molecule has 0 bridgehead atoms. The molecule has 0 spiro atoms. The lowest BCUT2D eigenvalue weighted by molar-refractivity contribution is 0.0217. The van der Waals surface area contributed by atoms with Gasteiger partial charge in [-0.15, -0.1) is 0 Å². The molecule has 2 unspecified atom stereocenters. The van der Waals surface area contributed by atoms with E-state index >= 15 is 0 Å². The largest absolute Gasteiger partial charge is 0.505 e. The molecule has 0 saturated heterocycles. The van der Waals surface area contributed by atoms with E-state index in [-0.39, 0.29) is 23.1 Å². The fraction of sp³-hybridized carbons (Fsp3) is 0.375. The molecule has 8 heteroatoms. The maximum absolute atomic E-state index is 9.59. The molecule has 16 heavy (non-hydrogen) atoms. The minimum atomic E-state index is -1.33. The first-order valence-electron chi connectivity index (χ1n) is 4.28. The van der Waals surface area contributed by atoms with Crippen molar-refractivity contribution in [2.75, 3.05) is 6.54 Å². The fourth-order valence-electron chi connectivity index (χ4n) is 1.02. The van der Waals surface area contributed by atoms with Gasteiger partial charge in [-0.3, -0.25) is 0 Å². The van der Waals surface area contributed by atoms with Gasteiger partial charge in [0.2, 0.25) is 0 Å². The van der Waals surface area contributed by atoms with Crippen LogP contribution in [0.5, 0.6) is 5.75 Å². The lowest BCUT2D eigenvalue weighted by Gasteiger charge is -2.15. The second kappa shape index (κ2) is 5.53. The first-order valence-corrected chi connectivity index (χ1v) is 4.66. The first-order chi connectivity index (χ1) is 7.56. The molecular formula is C8H9ClN4O3. The molecule has 7 nitrogen and oxygen atoms in total. The summed E-state index contributed by atoms with van der Waals surface area (Å²) in [5, 5.41) is 31.0. The van der Waals surface area contributed by atoms with E-state index in [4.69, 9.17) is 22.2 Å². The average molecular weight is 245 g/mol. The zero-order chi connectivity index (χ0) is 12.1. The molecule has 0 aliphatic carbocycles. The Labute approximate surface area is 95.6 Å². The molecule has 0 fully saturated rings. The number of pyridine rings is 1. The van der Waals surface area contributed by atoms with Gasteiger partial charge in [0, 0.05) is 4.91 Å². The van der Waals surface area contributed by atoms with Crippen LogP contribution in [0.4, 0.5) is 0 Å². The minimum absolute atomic E-state index is 0.0865. The summed E-state index contributed by atoms with van der Waals surface area (Å²) in [6.07, 6.45) is -2.60. The summed E-state index contributed by atoms with van der Waals surface area (Å²) in [5.41, 5.74) is 8.13. The van der Waals surface area contributed by atoms with Crippen LogP contribution in [-0.2, 0) is 0 Å². The van der Waals surface area contributed by atoms with E-state index in [9.17, 15) is 10.2 Å². The van der Waals surface area contributed by atoms with Crippen LogP contribution in [-0.4, -0.2) is 33.0 Å². The number of halogens is 1. The highest BCUT2D eigenvalue weighted by Crippen LogP contribution is 2.24. The number of aliphatic hydroxyl groups excluding tert-OH is 2. The number of hydrogen-bond acceptors (Lipinski definition) is 5. The molecule has 0 radical (unpaired) electrons. The Balaban J connectivity index is 2.82. The van der Waals surface area contributed by atoms with Gasteiger partial charge in [-0.25, -0.2) is 4.98 Å². The van der Waals surface area contributed by atoms with Gasteiger partial charge < -0.3 is 15.3 Å². The fourth-order valence-corrected chi connectivity index (χ4v) is 1.18. The van der Waals surface area contributed by atoms with E-state index in [1.165, 1.54) is 12.1 Å². The third kappa shape index (κ3) is 2.98. The van der Waals surface area contributed by atoms with Gasteiger partial charge in [0.1, 0.15) is 6.10 Å². The third-order valence-corrected chi connectivity index (χ3v) is 2.13. The van der Waals surface area contributed by atoms with Crippen LogP contribution in [0.3, 0.4) is 0 Å². The molecule has 0 saturated carbocycles. The Kier molecular flexibility index (Phi) is 4.33. The maximum Gasteiger partial charge on any atom is 0.171 e. The Morgan fingerprint density at radius 2 is 2.19 bits per heavy atom. The van der Waals surface area contributed by atoms with Crippen LogP contribution in [0.2, 0.25) is 5.15 Å². The van der Waals surface area contributed by atoms with E-state index in [1.807, 2.05) is 0 Å². The smallest absolute Gasteiger partial charge is 0.171 e. The molecule has 86 valence electrons. The molecule has 0 aromatic carbocycles. The number of aromatic hydroxyl groups is 1. The average Bonchev–Trinajstić information content (AvgIpc) is 2.28. The molecule has 0 amide bonds. The zero-order valence-electron chi connectivity index (χ0n) is 8.02. The van der Waals surface area contributed by atoms with Gasteiger partial charge in [-0.05, 0) is 17.7 Å². The quantitative estimate of drug-likeness (QED) is 0.318. The summed E-state index contributed by atoms with van der Waals surface area (Å²) in [7, 11) is 0. The SMILES string of the molecule is [N-]=[N+]=NCC(O)C(O)c1ccc(O)c(Cl)n1. The van der Waals surface area contributed by atoms with Gasteiger partial charge in [0.25, 0.3) is 0 Å². The summed E-state index contributed by atoms with van der Waals surface area (Å²) in [4.78, 5) is 6.12. The molecular weight excluding hydrogens is 236 g/mol. The normalized spacial score (nSPS) is 13.9. The summed E-state index contributed by atoms with van der Waals surface area (Å²) < 4.78 is 0. The number of aliphatic hydroxyl groups is 2. The highest BCUT2D eigenvalue weighted by Gasteiger charge is 2.19. The van der Waals surface area contributed by atoms with Gasteiger partial charge >= 0.3 is 0 Å². The van der Waals surface area contributed by atoms with Crippen molar-refractivity contribution in [3.63, 3.8) is 0 Å². The van der Waals surface area contributed by atoms with Crippen LogP contribution in [0.25, 0.3) is 10.4 Å². The minimum Gasteiger partial charge on any atom is -0.505 e. The van der Waals surface area contributed by atoms with Gasteiger partial charge in [-0.1, -0.05) is 16.7 Å². The Morgan fingerprint density at radius 3 is 2.75 bits per heavy atom. The predicted octanol–water partition coefficient (Wildman–Crippen LogP) is 1.15. The van der Waals surface area contributed by atoms with Crippen molar-refractivity contribution in [3.05, 3.63) is 33.4 Å². The maximum atomic E-state index is 9.59. The molecule has 1 aromatic heterocycles.